The molecule has 2 aromatic rings. The van der Waals surface area contributed by atoms with Gasteiger partial charge in [0.1, 0.15) is 11.0 Å². The van der Waals surface area contributed by atoms with Crippen LogP contribution >= 0.6 is 43.2 Å². The molecule has 0 saturated carbocycles. The highest BCUT2D eigenvalue weighted by molar-refractivity contribution is 9.11. The zero-order valence-corrected chi connectivity index (χ0v) is 14.9. The molecule has 2 rings (SSSR count). The molecule has 0 aliphatic carbocycles. The van der Waals surface area contributed by atoms with Crippen molar-refractivity contribution in [2.45, 2.75) is 25.8 Å². The summed E-state index contributed by atoms with van der Waals surface area (Å²) in [6.45, 7) is 4.31. The van der Waals surface area contributed by atoms with Crippen molar-refractivity contribution in [2.75, 3.05) is 7.05 Å². The van der Waals surface area contributed by atoms with Gasteiger partial charge in [0.05, 0.1) is 11.4 Å². The van der Waals surface area contributed by atoms with Gasteiger partial charge in [0.2, 0.25) is 0 Å². The standard InChI is InChI=1S/C13H15Br2N3S/c1-7(2)10-6-19-13(18-10)12(16-3)11-9(15)4-8(14)5-17-11/h4-7,12,16H,1-3H3. The Bertz CT molecular complexity index is 569. The van der Waals surface area contributed by atoms with E-state index in [4.69, 9.17) is 4.98 Å². The number of thiazole rings is 1. The Morgan fingerprint density at radius 3 is 2.58 bits per heavy atom. The molecule has 6 heteroatoms. The lowest BCUT2D eigenvalue weighted by molar-refractivity contribution is 0.656. The van der Waals surface area contributed by atoms with Gasteiger partial charge in [-0.1, -0.05) is 13.8 Å². The Balaban J connectivity index is 2.38. The summed E-state index contributed by atoms with van der Waals surface area (Å²) in [5, 5.41) is 6.45. The van der Waals surface area contributed by atoms with Gasteiger partial charge in [-0.15, -0.1) is 11.3 Å². The van der Waals surface area contributed by atoms with Crippen LogP contribution in [0.15, 0.2) is 26.6 Å². The van der Waals surface area contributed by atoms with E-state index in [2.05, 4.69) is 61.4 Å². The molecule has 0 bridgehead atoms. The number of hydrogen-bond acceptors (Lipinski definition) is 4. The summed E-state index contributed by atoms with van der Waals surface area (Å²) in [6, 6.07) is 2.02. The third-order valence-corrected chi connectivity index (χ3v) is 4.77. The maximum atomic E-state index is 4.70. The lowest BCUT2D eigenvalue weighted by atomic mass is 10.1. The lowest BCUT2D eigenvalue weighted by Gasteiger charge is -2.14. The molecular formula is C13H15Br2N3S. The lowest BCUT2D eigenvalue weighted by Crippen LogP contribution is -2.19. The molecule has 3 nitrogen and oxygen atoms in total. The molecule has 0 aliphatic rings. The number of hydrogen-bond donors (Lipinski definition) is 1. The number of rotatable bonds is 4. The second kappa shape index (κ2) is 6.43. The number of halogens is 2. The highest BCUT2D eigenvalue weighted by Gasteiger charge is 2.20. The largest absolute Gasteiger partial charge is 0.306 e. The van der Waals surface area contributed by atoms with Crippen molar-refractivity contribution >= 4 is 43.2 Å². The number of aromatic nitrogens is 2. The van der Waals surface area contributed by atoms with Gasteiger partial charge in [-0.3, -0.25) is 4.98 Å². The van der Waals surface area contributed by atoms with Crippen LogP contribution in [0.1, 0.15) is 42.2 Å². The number of nitrogens with one attached hydrogen (secondary N) is 1. The summed E-state index contributed by atoms with van der Waals surface area (Å²) < 4.78 is 1.93. The molecule has 0 radical (unpaired) electrons. The maximum absolute atomic E-state index is 4.70. The third-order valence-electron chi connectivity index (χ3n) is 2.78. The van der Waals surface area contributed by atoms with E-state index in [0.29, 0.717) is 5.92 Å². The molecule has 2 heterocycles. The summed E-state index contributed by atoms with van der Waals surface area (Å²) in [7, 11) is 1.93. The van der Waals surface area contributed by atoms with Crippen molar-refractivity contribution in [3.05, 3.63) is 43.0 Å². The van der Waals surface area contributed by atoms with Gasteiger partial charge in [-0.2, -0.15) is 0 Å². The van der Waals surface area contributed by atoms with Crippen molar-refractivity contribution in [1.82, 2.24) is 15.3 Å². The zero-order chi connectivity index (χ0) is 14.0. The van der Waals surface area contributed by atoms with E-state index < -0.39 is 0 Å². The molecule has 0 aromatic carbocycles. The van der Waals surface area contributed by atoms with Gasteiger partial charge in [-0.25, -0.2) is 4.98 Å². The SMILES string of the molecule is CNC(c1nc(C(C)C)cs1)c1ncc(Br)cc1Br. The fourth-order valence-electron chi connectivity index (χ4n) is 1.71. The van der Waals surface area contributed by atoms with Crippen molar-refractivity contribution in [3.63, 3.8) is 0 Å². The molecule has 0 aliphatic heterocycles. The summed E-state index contributed by atoms with van der Waals surface area (Å²) in [5.41, 5.74) is 2.09. The molecule has 0 saturated heterocycles. The summed E-state index contributed by atoms with van der Waals surface area (Å²) in [5.74, 6) is 0.448. The van der Waals surface area contributed by atoms with Gasteiger partial charge in [0, 0.05) is 20.5 Å². The second-order valence-corrected chi connectivity index (χ2v) is 7.17. The average Bonchev–Trinajstić information content (AvgIpc) is 2.82. The van der Waals surface area contributed by atoms with E-state index in [1.54, 1.807) is 17.5 Å². The van der Waals surface area contributed by atoms with Crippen LogP contribution in [0.3, 0.4) is 0 Å². The van der Waals surface area contributed by atoms with Crippen molar-refractivity contribution in [3.8, 4) is 0 Å². The van der Waals surface area contributed by atoms with E-state index in [-0.39, 0.29) is 6.04 Å². The number of pyridine rings is 1. The molecule has 2 aromatic heterocycles. The van der Waals surface area contributed by atoms with E-state index in [0.717, 1.165) is 25.3 Å². The molecule has 1 unspecified atom stereocenters. The van der Waals surface area contributed by atoms with Crippen LogP contribution in [0, 0.1) is 0 Å². The fraction of sp³-hybridized carbons (Fsp3) is 0.385. The molecule has 1 N–H and O–H groups in total. The Hall–Kier alpha value is -0.300. The third kappa shape index (κ3) is 3.42. The topological polar surface area (TPSA) is 37.8 Å². The van der Waals surface area contributed by atoms with Crippen LogP contribution in [0.25, 0.3) is 0 Å². The highest BCUT2D eigenvalue weighted by atomic mass is 79.9. The van der Waals surface area contributed by atoms with Crippen LogP contribution in [-0.4, -0.2) is 17.0 Å². The molecule has 0 fully saturated rings. The average molecular weight is 405 g/mol. The first kappa shape index (κ1) is 15.1. The van der Waals surface area contributed by atoms with E-state index in [1.807, 2.05) is 13.1 Å². The molecule has 19 heavy (non-hydrogen) atoms. The highest BCUT2D eigenvalue weighted by Crippen LogP contribution is 2.31. The zero-order valence-electron chi connectivity index (χ0n) is 10.9. The van der Waals surface area contributed by atoms with Crippen LogP contribution < -0.4 is 5.32 Å². The van der Waals surface area contributed by atoms with Gasteiger partial charge in [0.15, 0.2) is 0 Å². The minimum Gasteiger partial charge on any atom is -0.306 e. The van der Waals surface area contributed by atoms with Gasteiger partial charge in [0.25, 0.3) is 0 Å². The van der Waals surface area contributed by atoms with Crippen LogP contribution in [0.5, 0.6) is 0 Å². The van der Waals surface area contributed by atoms with E-state index >= 15 is 0 Å². The monoisotopic (exact) mass is 403 g/mol. The van der Waals surface area contributed by atoms with Crippen LogP contribution in [0.2, 0.25) is 0 Å². The first-order valence-electron chi connectivity index (χ1n) is 5.96. The Morgan fingerprint density at radius 1 is 1.32 bits per heavy atom. The minimum atomic E-state index is 0.0139. The molecule has 0 amide bonds. The fourth-order valence-corrected chi connectivity index (χ4v) is 4.02. The van der Waals surface area contributed by atoms with Crippen LogP contribution in [0.4, 0.5) is 0 Å². The smallest absolute Gasteiger partial charge is 0.116 e. The second-order valence-electron chi connectivity index (χ2n) is 4.51. The normalized spacial score (nSPS) is 12.9. The Kier molecular flexibility index (Phi) is 5.11. The summed E-state index contributed by atoms with van der Waals surface area (Å²) >= 11 is 8.66. The summed E-state index contributed by atoms with van der Waals surface area (Å²) in [6.07, 6.45) is 1.81. The van der Waals surface area contributed by atoms with Gasteiger partial charge >= 0.3 is 0 Å². The molecular weight excluding hydrogens is 390 g/mol. The first-order valence-corrected chi connectivity index (χ1v) is 8.43. The van der Waals surface area contributed by atoms with Crippen molar-refractivity contribution < 1.29 is 0 Å². The first-order chi connectivity index (χ1) is 9.02. The van der Waals surface area contributed by atoms with Gasteiger partial charge in [-0.05, 0) is 50.9 Å². The van der Waals surface area contributed by atoms with Crippen LogP contribution in [-0.2, 0) is 0 Å². The molecule has 1 atom stereocenters. The van der Waals surface area contributed by atoms with Gasteiger partial charge < -0.3 is 5.32 Å². The molecule has 0 spiro atoms. The van der Waals surface area contributed by atoms with Crippen molar-refractivity contribution in [1.29, 1.82) is 0 Å². The molecule has 102 valence electrons. The minimum absolute atomic E-state index is 0.0139. The predicted octanol–water partition coefficient (Wildman–Crippen LogP) is 4.50. The summed E-state index contributed by atoms with van der Waals surface area (Å²) in [4.78, 5) is 9.19. The quantitative estimate of drug-likeness (QED) is 0.815. The maximum Gasteiger partial charge on any atom is 0.116 e. The van der Waals surface area contributed by atoms with E-state index in [9.17, 15) is 0 Å². The van der Waals surface area contributed by atoms with E-state index in [1.165, 1.54) is 0 Å². The Morgan fingerprint density at radius 2 is 2.05 bits per heavy atom. The Labute approximate surface area is 134 Å². The number of nitrogens with zero attached hydrogens (tertiary/aromatic N) is 2. The van der Waals surface area contributed by atoms with Crippen molar-refractivity contribution in [2.24, 2.45) is 0 Å². The predicted molar refractivity (Wildman–Crippen MR) is 86.7 cm³/mol.